The van der Waals surface area contributed by atoms with Crippen molar-refractivity contribution < 1.29 is 22.7 Å². The molecule has 0 saturated heterocycles. The molecule has 0 saturated carbocycles. The van der Waals surface area contributed by atoms with E-state index < -0.39 is 27.6 Å². The monoisotopic (exact) mass is 542 g/mol. The molecule has 0 aliphatic carbocycles. The molecule has 0 spiro atoms. The molecule has 0 unspecified atom stereocenters. The minimum Gasteiger partial charge on any atom is -0.497 e. The highest BCUT2D eigenvalue weighted by Gasteiger charge is 2.37. The molecule has 1 aliphatic rings. The van der Waals surface area contributed by atoms with Gasteiger partial charge in [0.2, 0.25) is 9.47 Å². The number of anilines is 1. The quantitative estimate of drug-likeness (QED) is 0.433. The number of carbonyl (C=O) groups excluding carboxylic acids is 1. The van der Waals surface area contributed by atoms with Gasteiger partial charge in [-0.25, -0.2) is 13.1 Å². The number of nitrogens with zero attached hydrogens (tertiary/aromatic N) is 2. The molecule has 0 radical (unpaired) electrons. The van der Waals surface area contributed by atoms with Crippen LogP contribution in [0.4, 0.5) is 5.13 Å². The summed E-state index contributed by atoms with van der Waals surface area (Å²) < 4.78 is 39.9. The number of benzene rings is 2. The first-order valence-corrected chi connectivity index (χ1v) is 13.0. The molecule has 2 aromatic carbocycles. The number of hydrogen-bond acceptors (Lipinski definition) is 8. The summed E-state index contributed by atoms with van der Waals surface area (Å²) >= 11 is 12.6. The van der Waals surface area contributed by atoms with Crippen molar-refractivity contribution in [2.24, 2.45) is 0 Å². The summed E-state index contributed by atoms with van der Waals surface area (Å²) in [5.74, 6) is 0.574. The van der Waals surface area contributed by atoms with Crippen molar-refractivity contribution in [3.8, 4) is 11.5 Å². The predicted molar refractivity (Wildman–Crippen MR) is 130 cm³/mol. The van der Waals surface area contributed by atoms with Crippen LogP contribution in [-0.4, -0.2) is 37.2 Å². The summed E-state index contributed by atoms with van der Waals surface area (Å²) in [5.41, 5.74) is 0.212. The second-order valence-electron chi connectivity index (χ2n) is 8.09. The summed E-state index contributed by atoms with van der Waals surface area (Å²) in [6.07, 6.45) is 0.379. The van der Waals surface area contributed by atoms with Gasteiger partial charge in [0.1, 0.15) is 17.1 Å². The first kappa shape index (κ1) is 24.7. The molecule has 4 rings (SSSR count). The number of aromatic nitrogens is 2. The zero-order chi connectivity index (χ0) is 24.7. The van der Waals surface area contributed by atoms with Crippen LogP contribution in [0.15, 0.2) is 40.7 Å². The van der Waals surface area contributed by atoms with Gasteiger partial charge in [-0.15, -0.1) is 10.2 Å². The first-order chi connectivity index (χ1) is 16.0. The fraction of sp³-hybridized carbons (Fsp3) is 0.286. The van der Waals surface area contributed by atoms with Gasteiger partial charge in [0, 0.05) is 17.0 Å². The minimum atomic E-state index is -4.06. The highest BCUT2D eigenvalue weighted by Crippen LogP contribution is 2.42. The number of hydrogen-bond donors (Lipinski definition) is 2. The van der Waals surface area contributed by atoms with Gasteiger partial charge in [0.15, 0.2) is 0 Å². The van der Waals surface area contributed by atoms with Crippen molar-refractivity contribution in [2.45, 2.75) is 36.3 Å². The van der Waals surface area contributed by atoms with Crippen molar-refractivity contribution in [2.75, 3.05) is 12.4 Å². The lowest BCUT2D eigenvalue weighted by atomic mass is 9.90. The predicted octanol–water partition coefficient (Wildman–Crippen LogP) is 4.69. The Morgan fingerprint density at radius 3 is 2.68 bits per heavy atom. The maximum atomic E-state index is 13.1. The van der Waals surface area contributed by atoms with E-state index in [0.717, 1.165) is 11.3 Å². The fourth-order valence-electron chi connectivity index (χ4n) is 3.51. The summed E-state index contributed by atoms with van der Waals surface area (Å²) in [6, 6.07) is 9.05. The van der Waals surface area contributed by atoms with Gasteiger partial charge in [0.05, 0.1) is 23.7 Å². The number of ether oxygens (including phenoxy) is 2. The third kappa shape index (κ3) is 5.28. The van der Waals surface area contributed by atoms with E-state index in [4.69, 9.17) is 32.7 Å². The Balaban J connectivity index is 1.55. The number of halogens is 2. The lowest BCUT2D eigenvalue weighted by Gasteiger charge is -2.37. The Kier molecular flexibility index (Phi) is 6.76. The molecule has 3 aromatic rings. The van der Waals surface area contributed by atoms with Gasteiger partial charge in [-0.2, -0.15) is 0 Å². The van der Waals surface area contributed by atoms with Crippen molar-refractivity contribution in [3.05, 3.63) is 57.6 Å². The SMILES string of the molecule is COc1ccc2c(c1)[C@@H](NS(=O)(=O)c1nnc(NC(=O)c3ccc(Cl)cc3Cl)s1)CC(C)(C)O2. The van der Waals surface area contributed by atoms with E-state index in [1.165, 1.54) is 25.3 Å². The maximum absolute atomic E-state index is 13.1. The smallest absolute Gasteiger partial charge is 0.270 e. The van der Waals surface area contributed by atoms with Crippen LogP contribution in [0.25, 0.3) is 0 Å². The van der Waals surface area contributed by atoms with E-state index in [1.807, 2.05) is 13.8 Å². The van der Waals surface area contributed by atoms with E-state index in [-0.39, 0.29) is 20.1 Å². The zero-order valence-corrected chi connectivity index (χ0v) is 21.4. The summed E-state index contributed by atoms with van der Waals surface area (Å²) in [7, 11) is -2.53. The Morgan fingerprint density at radius 2 is 1.97 bits per heavy atom. The molecule has 1 aromatic heterocycles. The highest BCUT2D eigenvalue weighted by molar-refractivity contribution is 7.91. The number of amides is 1. The van der Waals surface area contributed by atoms with Crippen molar-refractivity contribution in [1.29, 1.82) is 0 Å². The topological polar surface area (TPSA) is 120 Å². The normalized spacial score (nSPS) is 16.9. The van der Waals surface area contributed by atoms with Crippen LogP contribution < -0.4 is 19.5 Å². The van der Waals surface area contributed by atoms with Gasteiger partial charge < -0.3 is 9.47 Å². The Hall–Kier alpha value is -2.44. The van der Waals surface area contributed by atoms with Crippen LogP contribution in [0.5, 0.6) is 11.5 Å². The van der Waals surface area contributed by atoms with Crippen LogP contribution in [0.3, 0.4) is 0 Å². The van der Waals surface area contributed by atoms with Gasteiger partial charge in [0.25, 0.3) is 15.9 Å². The molecule has 13 heteroatoms. The van der Waals surface area contributed by atoms with Crippen molar-refractivity contribution in [1.82, 2.24) is 14.9 Å². The van der Waals surface area contributed by atoms with Crippen LogP contribution in [0.2, 0.25) is 10.0 Å². The van der Waals surface area contributed by atoms with Gasteiger partial charge in [-0.05, 0) is 50.2 Å². The molecule has 0 bridgehead atoms. The van der Waals surface area contributed by atoms with E-state index in [1.54, 1.807) is 18.2 Å². The molecule has 1 aliphatic heterocycles. The van der Waals surface area contributed by atoms with E-state index in [0.29, 0.717) is 28.5 Å². The zero-order valence-electron chi connectivity index (χ0n) is 18.3. The van der Waals surface area contributed by atoms with Gasteiger partial charge in [-0.3, -0.25) is 10.1 Å². The van der Waals surface area contributed by atoms with Crippen LogP contribution in [0, 0.1) is 0 Å². The molecule has 0 fully saturated rings. The van der Waals surface area contributed by atoms with E-state index in [2.05, 4.69) is 20.2 Å². The number of fused-ring (bicyclic) bond motifs is 1. The molecule has 2 heterocycles. The largest absolute Gasteiger partial charge is 0.497 e. The Bertz CT molecular complexity index is 1360. The molecular weight excluding hydrogens is 523 g/mol. The molecule has 1 atom stereocenters. The lowest BCUT2D eigenvalue weighted by Crippen LogP contribution is -2.41. The molecular formula is C21H20Cl2N4O5S2. The van der Waals surface area contributed by atoms with Crippen molar-refractivity contribution >= 4 is 55.6 Å². The second kappa shape index (κ2) is 9.31. The number of methoxy groups -OCH3 is 1. The average molecular weight is 543 g/mol. The number of carbonyl (C=O) groups is 1. The van der Waals surface area contributed by atoms with Gasteiger partial charge in [-0.1, -0.05) is 34.5 Å². The van der Waals surface area contributed by atoms with Crippen LogP contribution in [0.1, 0.15) is 42.2 Å². The van der Waals surface area contributed by atoms with Crippen LogP contribution >= 0.6 is 34.5 Å². The summed E-state index contributed by atoms with van der Waals surface area (Å²) in [6.45, 7) is 3.75. The number of rotatable bonds is 6. The van der Waals surface area contributed by atoms with E-state index in [9.17, 15) is 13.2 Å². The third-order valence-corrected chi connectivity index (χ3v) is 8.23. The van der Waals surface area contributed by atoms with Gasteiger partial charge >= 0.3 is 0 Å². The second-order valence-corrected chi connectivity index (χ2v) is 11.8. The standard InChI is InChI=1S/C21H20Cl2N4O5S2/c1-21(2)10-16(14-9-12(31-3)5-7-17(14)32-21)27-34(29,30)20-26-25-19(33-20)24-18(28)13-6-4-11(22)8-15(13)23/h4-9,16,27H,10H2,1-3H3,(H,24,25,28)/t16-/m0/s1. The Labute approximate surface area is 210 Å². The molecule has 34 heavy (non-hydrogen) atoms. The summed E-state index contributed by atoms with van der Waals surface area (Å²) in [4.78, 5) is 12.5. The number of nitrogens with one attached hydrogen (secondary N) is 2. The third-order valence-electron chi connectivity index (χ3n) is 5.00. The molecule has 9 nitrogen and oxygen atoms in total. The van der Waals surface area contributed by atoms with Crippen LogP contribution in [-0.2, 0) is 10.0 Å². The minimum absolute atomic E-state index is 0.00534. The molecule has 2 N–H and O–H groups in total. The molecule has 180 valence electrons. The first-order valence-electron chi connectivity index (χ1n) is 9.96. The fourth-order valence-corrected chi connectivity index (χ4v) is 6.13. The summed E-state index contributed by atoms with van der Waals surface area (Å²) in [5, 5.41) is 10.6. The molecule has 1 amide bonds. The van der Waals surface area contributed by atoms with E-state index >= 15 is 0 Å². The maximum Gasteiger partial charge on any atom is 0.270 e. The number of sulfonamides is 1. The highest BCUT2D eigenvalue weighted by atomic mass is 35.5. The Morgan fingerprint density at radius 1 is 1.21 bits per heavy atom. The lowest BCUT2D eigenvalue weighted by molar-refractivity contribution is 0.0700. The average Bonchev–Trinajstić information content (AvgIpc) is 3.22. The van der Waals surface area contributed by atoms with Crippen molar-refractivity contribution in [3.63, 3.8) is 0 Å².